The summed E-state index contributed by atoms with van der Waals surface area (Å²) >= 11 is -2.31. The van der Waals surface area contributed by atoms with E-state index < -0.39 is 16.9 Å². The molecule has 0 saturated carbocycles. The Kier molecular flexibility index (Phi) is 4.60. The summed E-state index contributed by atoms with van der Waals surface area (Å²) in [7, 11) is 0. The fourth-order valence-corrected chi connectivity index (χ4v) is 2.94. The van der Waals surface area contributed by atoms with Crippen LogP contribution in [0.4, 0.5) is 4.39 Å². The Labute approximate surface area is 136 Å². The monoisotopic (exact) mass is 326 g/mol. The molecule has 0 aliphatic rings. The van der Waals surface area contributed by atoms with Gasteiger partial charge >= 0.3 is 0 Å². The van der Waals surface area contributed by atoms with Crippen molar-refractivity contribution >= 4 is 11.1 Å². The van der Waals surface area contributed by atoms with Crippen LogP contribution in [0.1, 0.15) is 5.56 Å². The molecule has 0 bridgehead atoms. The van der Waals surface area contributed by atoms with Crippen molar-refractivity contribution in [2.45, 2.75) is 5.75 Å². The van der Waals surface area contributed by atoms with Crippen molar-refractivity contribution in [2.75, 3.05) is 0 Å². The minimum atomic E-state index is -2.31. The molecule has 116 valence electrons. The van der Waals surface area contributed by atoms with Crippen molar-refractivity contribution in [1.82, 2.24) is 4.98 Å². The van der Waals surface area contributed by atoms with E-state index in [2.05, 4.69) is 4.98 Å². The topological polar surface area (TPSA) is 53.0 Å². The fourth-order valence-electron chi connectivity index (χ4n) is 2.45. The lowest BCUT2D eigenvalue weighted by Crippen LogP contribution is -1.97. The summed E-state index contributed by atoms with van der Waals surface area (Å²) in [6.45, 7) is 0. The van der Waals surface area contributed by atoms with Crippen molar-refractivity contribution in [1.29, 1.82) is 0 Å². The fraction of sp³-hybridized carbons (Fsp3) is 0.0556. The first-order valence-electron chi connectivity index (χ1n) is 6.99. The maximum Gasteiger partial charge on any atom is 0.127 e. The number of aromatic nitrogens is 1. The van der Waals surface area contributed by atoms with Gasteiger partial charge in [-0.25, -0.2) is 4.39 Å². The highest BCUT2D eigenvalue weighted by molar-refractivity contribution is 7.78. The third-order valence-corrected chi connectivity index (χ3v) is 4.09. The molecule has 0 N–H and O–H groups in total. The van der Waals surface area contributed by atoms with Crippen LogP contribution in [0.2, 0.25) is 0 Å². The number of halogens is 1. The van der Waals surface area contributed by atoms with Gasteiger partial charge in [0.2, 0.25) is 0 Å². The lowest BCUT2D eigenvalue weighted by atomic mass is 9.96. The minimum Gasteiger partial charge on any atom is -0.772 e. The van der Waals surface area contributed by atoms with Crippen LogP contribution in [-0.2, 0) is 16.8 Å². The number of hydrogen-bond acceptors (Lipinski definition) is 3. The van der Waals surface area contributed by atoms with Gasteiger partial charge in [0, 0.05) is 23.7 Å². The van der Waals surface area contributed by atoms with Crippen molar-refractivity contribution in [3.8, 4) is 22.3 Å². The lowest BCUT2D eigenvalue weighted by molar-refractivity contribution is 0.533. The molecule has 23 heavy (non-hydrogen) atoms. The molecule has 2 aromatic carbocycles. The largest absolute Gasteiger partial charge is 0.772 e. The first-order valence-corrected chi connectivity index (χ1v) is 8.23. The second-order valence-electron chi connectivity index (χ2n) is 5.04. The van der Waals surface area contributed by atoms with Crippen LogP contribution < -0.4 is 0 Å². The molecule has 3 nitrogen and oxygen atoms in total. The SMILES string of the molecule is O=S([O-])Cc1ccc(-c2cnccc2-c2ccccc2)cc1F. The van der Waals surface area contributed by atoms with E-state index in [9.17, 15) is 13.2 Å². The second kappa shape index (κ2) is 6.81. The number of nitrogens with zero attached hydrogens (tertiary/aromatic N) is 1. The van der Waals surface area contributed by atoms with Crippen LogP contribution in [0.3, 0.4) is 0 Å². The van der Waals surface area contributed by atoms with E-state index in [1.807, 2.05) is 36.4 Å². The third kappa shape index (κ3) is 3.52. The molecule has 0 amide bonds. The zero-order chi connectivity index (χ0) is 16.2. The molecule has 0 spiro atoms. The van der Waals surface area contributed by atoms with Crippen LogP contribution in [-0.4, -0.2) is 13.7 Å². The second-order valence-corrected chi connectivity index (χ2v) is 5.94. The van der Waals surface area contributed by atoms with Gasteiger partial charge in [-0.2, -0.15) is 0 Å². The summed E-state index contributed by atoms with van der Waals surface area (Å²) in [6, 6.07) is 16.2. The molecule has 3 rings (SSSR count). The van der Waals surface area contributed by atoms with E-state index in [1.165, 1.54) is 12.1 Å². The van der Waals surface area contributed by atoms with Gasteiger partial charge in [0.05, 0.1) is 0 Å². The average molecular weight is 326 g/mol. The lowest BCUT2D eigenvalue weighted by Gasteiger charge is -2.12. The van der Waals surface area contributed by atoms with Gasteiger partial charge in [-0.15, -0.1) is 0 Å². The smallest absolute Gasteiger partial charge is 0.127 e. The Morgan fingerprint density at radius 1 is 1.00 bits per heavy atom. The Hall–Kier alpha value is -2.37. The van der Waals surface area contributed by atoms with Crippen molar-refractivity contribution < 1.29 is 13.2 Å². The van der Waals surface area contributed by atoms with E-state index in [-0.39, 0.29) is 11.3 Å². The van der Waals surface area contributed by atoms with E-state index in [1.54, 1.807) is 18.5 Å². The molecule has 0 fully saturated rings. The Morgan fingerprint density at radius 3 is 2.48 bits per heavy atom. The summed E-state index contributed by atoms with van der Waals surface area (Å²) in [5.41, 5.74) is 3.57. The molecule has 5 heteroatoms. The molecular formula is C18H13FNO2S-. The highest BCUT2D eigenvalue weighted by atomic mass is 32.2. The summed E-state index contributed by atoms with van der Waals surface area (Å²) < 4.78 is 35.6. The summed E-state index contributed by atoms with van der Waals surface area (Å²) in [6.07, 6.45) is 3.37. The molecule has 0 aliphatic heterocycles. The van der Waals surface area contributed by atoms with Crippen LogP contribution in [0, 0.1) is 5.82 Å². The Bertz CT molecular complexity index is 853. The summed E-state index contributed by atoms with van der Waals surface area (Å²) in [5.74, 6) is -0.861. The third-order valence-electron chi connectivity index (χ3n) is 3.54. The average Bonchev–Trinajstić information content (AvgIpc) is 2.57. The van der Waals surface area contributed by atoms with Crippen LogP contribution in [0.25, 0.3) is 22.3 Å². The first kappa shape index (κ1) is 15.5. The first-order chi connectivity index (χ1) is 11.1. The molecule has 0 saturated heterocycles. The minimum absolute atomic E-state index is 0.159. The summed E-state index contributed by atoms with van der Waals surface area (Å²) in [5, 5.41) is 0. The molecule has 0 aliphatic carbocycles. The quantitative estimate of drug-likeness (QED) is 0.683. The molecule has 1 unspecified atom stereocenters. The van der Waals surface area contributed by atoms with Gasteiger partial charge in [0.1, 0.15) is 5.82 Å². The maximum absolute atomic E-state index is 14.1. The van der Waals surface area contributed by atoms with Crippen LogP contribution in [0.15, 0.2) is 67.0 Å². The van der Waals surface area contributed by atoms with Crippen molar-refractivity contribution in [3.63, 3.8) is 0 Å². The summed E-state index contributed by atoms with van der Waals surface area (Å²) in [4.78, 5) is 4.13. The van der Waals surface area contributed by atoms with E-state index in [4.69, 9.17) is 0 Å². The molecule has 0 radical (unpaired) electrons. The maximum atomic E-state index is 14.1. The number of rotatable bonds is 4. The van der Waals surface area contributed by atoms with Crippen LogP contribution in [0.5, 0.6) is 0 Å². The van der Waals surface area contributed by atoms with Gasteiger partial charge in [-0.1, -0.05) is 53.5 Å². The van der Waals surface area contributed by atoms with Crippen molar-refractivity contribution in [2.24, 2.45) is 0 Å². The number of hydrogen-bond donors (Lipinski definition) is 0. The highest BCUT2D eigenvalue weighted by Gasteiger charge is 2.10. The Morgan fingerprint density at radius 2 is 1.78 bits per heavy atom. The molecular weight excluding hydrogens is 313 g/mol. The number of benzene rings is 2. The molecule has 1 aromatic heterocycles. The van der Waals surface area contributed by atoms with Gasteiger partial charge in [0.15, 0.2) is 0 Å². The van der Waals surface area contributed by atoms with E-state index in [0.29, 0.717) is 5.56 Å². The predicted molar refractivity (Wildman–Crippen MR) is 87.7 cm³/mol. The predicted octanol–water partition coefficient (Wildman–Crippen LogP) is 3.93. The normalized spacial score (nSPS) is 12.1. The van der Waals surface area contributed by atoms with Crippen LogP contribution >= 0.6 is 0 Å². The van der Waals surface area contributed by atoms with Gasteiger partial charge in [0.25, 0.3) is 0 Å². The standard InChI is InChI=1S/C18H14FNO2S/c19-18-10-14(6-7-15(18)12-23(21)22)17-11-20-9-8-16(17)13-4-2-1-3-5-13/h1-11H,12H2,(H,21,22)/p-1. The zero-order valence-corrected chi connectivity index (χ0v) is 12.9. The van der Waals surface area contributed by atoms with Crippen molar-refractivity contribution in [3.05, 3.63) is 78.4 Å². The zero-order valence-electron chi connectivity index (χ0n) is 12.1. The Balaban J connectivity index is 2.06. The number of pyridine rings is 1. The van der Waals surface area contributed by atoms with Gasteiger partial charge < -0.3 is 4.55 Å². The van der Waals surface area contributed by atoms with E-state index in [0.717, 1.165) is 16.7 Å². The van der Waals surface area contributed by atoms with Gasteiger partial charge in [-0.05, 0) is 34.4 Å². The highest BCUT2D eigenvalue weighted by Crippen LogP contribution is 2.32. The van der Waals surface area contributed by atoms with E-state index >= 15 is 0 Å². The molecule has 1 heterocycles. The van der Waals surface area contributed by atoms with Gasteiger partial charge in [-0.3, -0.25) is 9.19 Å². The molecule has 3 aromatic rings. The molecule has 1 atom stereocenters.